The Morgan fingerprint density at radius 1 is 1.10 bits per heavy atom. The number of hydrogen-bond donors (Lipinski definition) is 1. The fourth-order valence-corrected chi connectivity index (χ4v) is 3.88. The molecule has 1 aliphatic heterocycles. The molecule has 0 radical (unpaired) electrons. The SMILES string of the molecule is COc1ncc(-c2nc(NCCN3CCOCC3)ncc2-c2ccsc2)c(OC)n1. The summed E-state index contributed by atoms with van der Waals surface area (Å²) in [5, 5.41) is 7.41. The summed E-state index contributed by atoms with van der Waals surface area (Å²) < 4.78 is 16.0. The molecule has 30 heavy (non-hydrogen) atoms. The topological polar surface area (TPSA) is 94.5 Å². The molecule has 0 unspecified atom stereocenters. The van der Waals surface area contributed by atoms with Crippen LogP contribution in [0.4, 0.5) is 5.95 Å². The lowest BCUT2D eigenvalue weighted by Crippen LogP contribution is -2.39. The molecular formula is C20H24N6O3S. The highest BCUT2D eigenvalue weighted by Gasteiger charge is 2.18. The van der Waals surface area contributed by atoms with Gasteiger partial charge >= 0.3 is 6.01 Å². The zero-order valence-corrected chi connectivity index (χ0v) is 17.8. The van der Waals surface area contributed by atoms with Gasteiger partial charge in [0.25, 0.3) is 0 Å². The van der Waals surface area contributed by atoms with Crippen LogP contribution >= 0.6 is 11.3 Å². The second-order valence-electron chi connectivity index (χ2n) is 6.63. The van der Waals surface area contributed by atoms with Crippen molar-refractivity contribution in [2.45, 2.75) is 0 Å². The van der Waals surface area contributed by atoms with E-state index in [4.69, 9.17) is 19.2 Å². The van der Waals surface area contributed by atoms with Gasteiger partial charge in [0.15, 0.2) is 0 Å². The highest BCUT2D eigenvalue weighted by atomic mass is 32.1. The Kier molecular flexibility index (Phi) is 6.67. The number of thiophene rings is 1. The van der Waals surface area contributed by atoms with Gasteiger partial charge in [0.1, 0.15) is 0 Å². The molecule has 0 aromatic carbocycles. The number of hydrogen-bond acceptors (Lipinski definition) is 10. The van der Waals surface area contributed by atoms with E-state index in [-0.39, 0.29) is 6.01 Å². The first-order valence-corrected chi connectivity index (χ1v) is 10.6. The quantitative estimate of drug-likeness (QED) is 0.580. The van der Waals surface area contributed by atoms with E-state index in [1.165, 1.54) is 7.11 Å². The van der Waals surface area contributed by atoms with E-state index in [9.17, 15) is 0 Å². The Labute approximate surface area is 179 Å². The minimum atomic E-state index is 0.241. The van der Waals surface area contributed by atoms with Crippen molar-refractivity contribution in [3.8, 4) is 34.3 Å². The van der Waals surface area contributed by atoms with Crippen LogP contribution in [-0.2, 0) is 4.74 Å². The van der Waals surface area contributed by atoms with Crippen LogP contribution in [0.1, 0.15) is 0 Å². The summed E-state index contributed by atoms with van der Waals surface area (Å²) in [6.07, 6.45) is 3.49. The van der Waals surface area contributed by atoms with Crippen LogP contribution < -0.4 is 14.8 Å². The van der Waals surface area contributed by atoms with Crippen molar-refractivity contribution in [3.63, 3.8) is 0 Å². The number of morpholine rings is 1. The van der Waals surface area contributed by atoms with Gasteiger partial charge in [-0.15, -0.1) is 0 Å². The predicted octanol–water partition coefficient (Wildman–Crippen LogP) is 2.42. The molecule has 0 aliphatic carbocycles. The fraction of sp³-hybridized carbons (Fsp3) is 0.400. The Morgan fingerprint density at radius 3 is 2.67 bits per heavy atom. The molecule has 1 fully saturated rings. The van der Waals surface area contributed by atoms with Gasteiger partial charge in [-0.25, -0.2) is 15.0 Å². The maximum Gasteiger partial charge on any atom is 0.319 e. The van der Waals surface area contributed by atoms with Crippen LogP contribution in [0.5, 0.6) is 11.9 Å². The van der Waals surface area contributed by atoms with Crippen LogP contribution in [0.3, 0.4) is 0 Å². The molecule has 0 atom stereocenters. The number of methoxy groups -OCH3 is 2. The van der Waals surface area contributed by atoms with Gasteiger partial charge in [0, 0.05) is 44.1 Å². The lowest BCUT2D eigenvalue weighted by molar-refractivity contribution is 0.0398. The monoisotopic (exact) mass is 428 g/mol. The molecule has 1 N–H and O–H groups in total. The van der Waals surface area contributed by atoms with E-state index in [1.54, 1.807) is 24.6 Å². The summed E-state index contributed by atoms with van der Waals surface area (Å²) in [6, 6.07) is 2.28. The average Bonchev–Trinajstić information content (AvgIpc) is 3.34. The second kappa shape index (κ2) is 9.79. The number of rotatable bonds is 8. The predicted molar refractivity (Wildman–Crippen MR) is 115 cm³/mol. The summed E-state index contributed by atoms with van der Waals surface area (Å²) in [4.78, 5) is 20.2. The lowest BCUT2D eigenvalue weighted by Gasteiger charge is -2.26. The molecule has 1 aliphatic rings. The average molecular weight is 429 g/mol. The van der Waals surface area contributed by atoms with Gasteiger partial charge in [-0.2, -0.15) is 16.3 Å². The smallest absolute Gasteiger partial charge is 0.319 e. The number of ether oxygens (including phenoxy) is 3. The molecule has 1 saturated heterocycles. The zero-order chi connectivity index (χ0) is 20.8. The van der Waals surface area contributed by atoms with Gasteiger partial charge in [-0.05, 0) is 22.4 Å². The van der Waals surface area contributed by atoms with Gasteiger partial charge in [-0.3, -0.25) is 4.90 Å². The number of nitrogens with one attached hydrogen (secondary N) is 1. The van der Waals surface area contributed by atoms with Crippen molar-refractivity contribution in [3.05, 3.63) is 29.2 Å². The molecular weight excluding hydrogens is 404 g/mol. The molecule has 9 nitrogen and oxygen atoms in total. The molecule has 4 heterocycles. The largest absolute Gasteiger partial charge is 0.480 e. The van der Waals surface area contributed by atoms with E-state index < -0.39 is 0 Å². The van der Waals surface area contributed by atoms with Crippen molar-refractivity contribution < 1.29 is 14.2 Å². The van der Waals surface area contributed by atoms with Crippen LogP contribution in [0, 0.1) is 0 Å². The first kappa shape index (κ1) is 20.5. The first-order chi connectivity index (χ1) is 14.8. The standard InChI is InChI=1S/C20H24N6O3S/c1-27-18-16(12-23-20(25-18)28-2)17-15(14-3-10-30-13-14)11-22-19(24-17)21-4-5-26-6-8-29-9-7-26/h3,10-13H,4-9H2,1-2H3,(H,21,22,24). The molecule has 4 rings (SSSR count). The van der Waals surface area contributed by atoms with Crippen molar-refractivity contribution in [2.24, 2.45) is 0 Å². The number of nitrogens with zero attached hydrogens (tertiary/aromatic N) is 5. The van der Waals surface area contributed by atoms with Gasteiger partial charge < -0.3 is 19.5 Å². The van der Waals surface area contributed by atoms with E-state index in [0.29, 0.717) is 23.1 Å². The lowest BCUT2D eigenvalue weighted by atomic mass is 10.1. The molecule has 3 aromatic rings. The van der Waals surface area contributed by atoms with Crippen molar-refractivity contribution >= 4 is 17.3 Å². The Hall–Kier alpha value is -2.82. The van der Waals surface area contributed by atoms with Crippen LogP contribution in [-0.4, -0.2) is 78.4 Å². The zero-order valence-electron chi connectivity index (χ0n) is 17.0. The van der Waals surface area contributed by atoms with Crippen LogP contribution in [0.15, 0.2) is 29.2 Å². The summed E-state index contributed by atoms with van der Waals surface area (Å²) in [7, 11) is 3.09. The summed E-state index contributed by atoms with van der Waals surface area (Å²) in [5.74, 6) is 0.950. The molecule has 3 aromatic heterocycles. The minimum Gasteiger partial charge on any atom is -0.480 e. The molecule has 0 spiro atoms. The maximum atomic E-state index is 5.49. The summed E-state index contributed by atoms with van der Waals surface area (Å²) in [5.41, 5.74) is 3.31. The van der Waals surface area contributed by atoms with Crippen molar-refractivity contribution in [1.82, 2.24) is 24.8 Å². The van der Waals surface area contributed by atoms with Gasteiger partial charge in [0.05, 0.1) is 38.7 Å². The number of aromatic nitrogens is 4. The molecule has 0 saturated carbocycles. The Bertz CT molecular complexity index is 963. The fourth-order valence-electron chi connectivity index (χ4n) is 3.22. The molecule has 0 amide bonds. The van der Waals surface area contributed by atoms with Crippen molar-refractivity contribution in [1.29, 1.82) is 0 Å². The maximum absolute atomic E-state index is 5.49. The highest BCUT2D eigenvalue weighted by Crippen LogP contribution is 2.36. The summed E-state index contributed by atoms with van der Waals surface area (Å²) in [6.45, 7) is 5.12. The van der Waals surface area contributed by atoms with Gasteiger partial charge in [-0.1, -0.05) is 0 Å². The van der Waals surface area contributed by atoms with E-state index in [1.807, 2.05) is 17.6 Å². The Balaban J connectivity index is 1.62. The molecule has 0 bridgehead atoms. The normalized spacial score (nSPS) is 14.5. The van der Waals surface area contributed by atoms with Crippen LogP contribution in [0.2, 0.25) is 0 Å². The summed E-state index contributed by atoms with van der Waals surface area (Å²) >= 11 is 1.62. The molecule has 10 heteroatoms. The van der Waals surface area contributed by atoms with E-state index in [2.05, 4.69) is 30.5 Å². The minimum absolute atomic E-state index is 0.241. The Morgan fingerprint density at radius 2 is 1.93 bits per heavy atom. The van der Waals surface area contributed by atoms with Crippen LogP contribution in [0.25, 0.3) is 22.4 Å². The highest BCUT2D eigenvalue weighted by molar-refractivity contribution is 7.08. The van der Waals surface area contributed by atoms with Gasteiger partial charge in [0.2, 0.25) is 11.8 Å². The second-order valence-corrected chi connectivity index (χ2v) is 7.41. The third-order valence-electron chi connectivity index (χ3n) is 4.80. The third-order valence-corrected chi connectivity index (χ3v) is 5.48. The van der Waals surface area contributed by atoms with E-state index in [0.717, 1.165) is 50.5 Å². The number of anilines is 1. The third kappa shape index (κ3) is 4.66. The van der Waals surface area contributed by atoms with E-state index >= 15 is 0 Å². The first-order valence-electron chi connectivity index (χ1n) is 9.67. The molecule has 158 valence electrons. The van der Waals surface area contributed by atoms with Crippen molar-refractivity contribution in [2.75, 3.05) is 58.9 Å².